The molecule has 1 unspecified atom stereocenters. The van der Waals surface area contributed by atoms with Crippen LogP contribution in [0.15, 0.2) is 53.0 Å². The van der Waals surface area contributed by atoms with E-state index in [0.717, 1.165) is 17.0 Å². The molecule has 0 aliphatic rings. The summed E-state index contributed by atoms with van der Waals surface area (Å²) in [4.78, 5) is 25.1. The fourth-order valence-electron chi connectivity index (χ4n) is 2.55. The van der Waals surface area contributed by atoms with Crippen molar-refractivity contribution in [3.63, 3.8) is 0 Å². The fraction of sp³-hybridized carbons (Fsp3) is 0.300. The van der Waals surface area contributed by atoms with Crippen LogP contribution in [0, 0.1) is 0 Å². The van der Waals surface area contributed by atoms with Crippen LogP contribution >= 0.6 is 15.9 Å². The van der Waals surface area contributed by atoms with Crippen LogP contribution in [0.5, 0.6) is 0 Å². The summed E-state index contributed by atoms with van der Waals surface area (Å²) < 4.78 is 26.2. The number of anilines is 2. The van der Waals surface area contributed by atoms with Crippen LogP contribution in [0.2, 0.25) is 0 Å². The van der Waals surface area contributed by atoms with Crippen molar-refractivity contribution in [2.75, 3.05) is 22.4 Å². The average Bonchev–Trinajstić information content (AvgIpc) is 2.65. The molecule has 0 bridgehead atoms. The van der Waals surface area contributed by atoms with Gasteiger partial charge in [-0.3, -0.25) is 13.9 Å². The van der Waals surface area contributed by atoms with Gasteiger partial charge in [0, 0.05) is 10.5 Å². The number of sulfonamides is 1. The summed E-state index contributed by atoms with van der Waals surface area (Å²) in [5.41, 5.74) is 0.996. The van der Waals surface area contributed by atoms with E-state index >= 15 is 0 Å². The molecule has 0 spiro atoms. The molecular formula is C20H24BrN3O4S. The van der Waals surface area contributed by atoms with E-state index in [1.807, 2.05) is 13.8 Å². The molecule has 2 amide bonds. The van der Waals surface area contributed by atoms with E-state index in [9.17, 15) is 18.0 Å². The van der Waals surface area contributed by atoms with E-state index in [1.165, 1.54) is 0 Å². The van der Waals surface area contributed by atoms with Crippen LogP contribution in [0.3, 0.4) is 0 Å². The van der Waals surface area contributed by atoms with Crippen molar-refractivity contribution in [3.8, 4) is 0 Å². The number of carbonyl (C=O) groups excluding carboxylic acids is 2. The second kappa shape index (κ2) is 9.89. The number of nitrogens with zero attached hydrogens (tertiary/aromatic N) is 1. The lowest BCUT2D eigenvalue weighted by atomic mass is 10.1. The molecule has 0 saturated heterocycles. The molecule has 0 aliphatic carbocycles. The van der Waals surface area contributed by atoms with Gasteiger partial charge >= 0.3 is 0 Å². The maximum atomic E-state index is 12.6. The topological polar surface area (TPSA) is 95.6 Å². The third kappa shape index (κ3) is 6.57. The minimum Gasteiger partial charge on any atom is -0.350 e. The van der Waals surface area contributed by atoms with Crippen molar-refractivity contribution in [2.45, 2.75) is 26.3 Å². The van der Waals surface area contributed by atoms with Crippen LogP contribution in [0.4, 0.5) is 11.4 Å². The van der Waals surface area contributed by atoms with Crippen LogP contribution in [0.1, 0.15) is 30.6 Å². The standard InChI is InChI=1S/C20H24BrN3O4S/c1-4-14(2)22-20(26)17-10-5-6-11-18(17)23-19(25)13-24(29(3,27)28)16-9-7-8-15(21)12-16/h5-12,14H,4,13H2,1-3H3,(H,22,26)(H,23,25). The summed E-state index contributed by atoms with van der Waals surface area (Å²) in [6, 6.07) is 13.3. The fourth-order valence-corrected chi connectivity index (χ4v) is 3.78. The van der Waals surface area contributed by atoms with E-state index in [0.29, 0.717) is 21.4 Å². The maximum absolute atomic E-state index is 12.6. The third-order valence-electron chi connectivity index (χ3n) is 4.22. The Balaban J connectivity index is 2.22. The van der Waals surface area contributed by atoms with Crippen LogP contribution in [0.25, 0.3) is 0 Å². The molecule has 0 heterocycles. The van der Waals surface area contributed by atoms with Crippen molar-refractivity contribution in [2.24, 2.45) is 0 Å². The molecule has 0 aliphatic heterocycles. The summed E-state index contributed by atoms with van der Waals surface area (Å²) in [6.45, 7) is 3.43. The lowest BCUT2D eigenvalue weighted by molar-refractivity contribution is -0.114. The van der Waals surface area contributed by atoms with Crippen molar-refractivity contribution in [1.82, 2.24) is 5.32 Å². The number of para-hydroxylation sites is 1. The number of rotatable bonds is 8. The molecule has 0 radical (unpaired) electrons. The molecule has 0 fully saturated rings. The monoisotopic (exact) mass is 481 g/mol. The van der Waals surface area contributed by atoms with E-state index in [-0.39, 0.29) is 11.9 Å². The molecule has 0 saturated carbocycles. The zero-order valence-corrected chi connectivity index (χ0v) is 18.9. The van der Waals surface area contributed by atoms with E-state index in [1.54, 1.807) is 48.5 Å². The van der Waals surface area contributed by atoms with Crippen molar-refractivity contribution < 1.29 is 18.0 Å². The first-order valence-electron chi connectivity index (χ1n) is 9.04. The molecule has 29 heavy (non-hydrogen) atoms. The predicted molar refractivity (Wildman–Crippen MR) is 119 cm³/mol. The number of hydrogen-bond donors (Lipinski definition) is 2. The minimum atomic E-state index is -3.70. The average molecular weight is 482 g/mol. The normalized spacial score (nSPS) is 12.1. The van der Waals surface area contributed by atoms with Crippen molar-refractivity contribution in [3.05, 3.63) is 58.6 Å². The van der Waals surface area contributed by atoms with Crippen LogP contribution in [-0.2, 0) is 14.8 Å². The zero-order valence-electron chi connectivity index (χ0n) is 16.5. The van der Waals surface area contributed by atoms with Gasteiger partial charge in [-0.2, -0.15) is 0 Å². The van der Waals surface area contributed by atoms with Crippen LogP contribution < -0.4 is 14.9 Å². The summed E-state index contributed by atoms with van der Waals surface area (Å²) in [5, 5.41) is 5.51. The number of hydrogen-bond acceptors (Lipinski definition) is 4. The molecule has 7 nitrogen and oxygen atoms in total. The Bertz CT molecular complexity index is 995. The van der Waals surface area contributed by atoms with Gasteiger partial charge in [0.1, 0.15) is 6.54 Å². The van der Waals surface area contributed by atoms with Gasteiger partial charge < -0.3 is 10.6 Å². The second-order valence-electron chi connectivity index (χ2n) is 6.63. The highest BCUT2D eigenvalue weighted by molar-refractivity contribution is 9.10. The lowest BCUT2D eigenvalue weighted by Crippen LogP contribution is -2.38. The highest BCUT2D eigenvalue weighted by atomic mass is 79.9. The van der Waals surface area contributed by atoms with Gasteiger partial charge in [-0.1, -0.05) is 41.1 Å². The van der Waals surface area contributed by atoms with E-state index in [4.69, 9.17) is 0 Å². The predicted octanol–water partition coefficient (Wildman–Crippen LogP) is 3.38. The van der Waals surface area contributed by atoms with Gasteiger partial charge in [-0.05, 0) is 43.7 Å². The lowest BCUT2D eigenvalue weighted by Gasteiger charge is -2.22. The Morgan fingerprint density at radius 3 is 2.45 bits per heavy atom. The van der Waals surface area contributed by atoms with Gasteiger partial charge in [0.25, 0.3) is 5.91 Å². The molecule has 156 valence electrons. The summed E-state index contributed by atoms with van der Waals surface area (Å²) in [5.74, 6) is -0.860. The van der Waals surface area contributed by atoms with E-state index < -0.39 is 22.5 Å². The highest BCUT2D eigenvalue weighted by Gasteiger charge is 2.22. The number of carbonyl (C=O) groups is 2. The molecule has 9 heteroatoms. The minimum absolute atomic E-state index is 0.0106. The molecule has 2 aromatic rings. The van der Waals surface area contributed by atoms with Gasteiger partial charge in [-0.15, -0.1) is 0 Å². The Hall–Kier alpha value is -2.39. The van der Waals surface area contributed by atoms with Gasteiger partial charge in [0.15, 0.2) is 0 Å². The summed E-state index contributed by atoms with van der Waals surface area (Å²) in [7, 11) is -3.70. The van der Waals surface area contributed by atoms with Gasteiger partial charge in [0.05, 0.1) is 23.2 Å². The Labute approximate surface area is 179 Å². The number of benzene rings is 2. The van der Waals surface area contributed by atoms with Gasteiger partial charge in [0.2, 0.25) is 15.9 Å². The number of amides is 2. The van der Waals surface area contributed by atoms with Crippen LogP contribution in [-0.4, -0.2) is 39.1 Å². The third-order valence-corrected chi connectivity index (χ3v) is 5.85. The first-order chi connectivity index (χ1) is 13.6. The maximum Gasteiger partial charge on any atom is 0.253 e. The smallest absolute Gasteiger partial charge is 0.253 e. The summed E-state index contributed by atoms with van der Waals surface area (Å²) in [6.07, 6.45) is 1.81. The quantitative estimate of drug-likeness (QED) is 0.603. The first-order valence-corrected chi connectivity index (χ1v) is 11.7. The molecule has 2 rings (SSSR count). The van der Waals surface area contributed by atoms with Gasteiger partial charge in [-0.25, -0.2) is 8.42 Å². The second-order valence-corrected chi connectivity index (χ2v) is 9.45. The molecule has 0 aromatic heterocycles. The van der Waals surface area contributed by atoms with E-state index in [2.05, 4.69) is 26.6 Å². The Morgan fingerprint density at radius 2 is 1.83 bits per heavy atom. The number of nitrogens with one attached hydrogen (secondary N) is 2. The number of halogens is 1. The Morgan fingerprint density at radius 1 is 1.14 bits per heavy atom. The molecular weight excluding hydrogens is 458 g/mol. The zero-order chi connectivity index (χ0) is 21.6. The van der Waals surface area contributed by atoms with Crippen molar-refractivity contribution >= 4 is 49.1 Å². The molecule has 2 N–H and O–H groups in total. The SMILES string of the molecule is CCC(C)NC(=O)c1ccccc1NC(=O)CN(c1cccc(Br)c1)S(C)(=O)=O. The molecule has 1 atom stereocenters. The Kier molecular flexibility index (Phi) is 7.80. The largest absolute Gasteiger partial charge is 0.350 e. The van der Waals surface area contributed by atoms with Crippen molar-refractivity contribution in [1.29, 1.82) is 0 Å². The summed E-state index contributed by atoms with van der Waals surface area (Å²) >= 11 is 3.30. The highest BCUT2D eigenvalue weighted by Crippen LogP contribution is 2.22. The first kappa shape index (κ1) is 22.9. The molecule has 2 aromatic carbocycles.